The first-order valence-electron chi connectivity index (χ1n) is 21.3. The minimum atomic E-state index is -4.18. The van der Waals surface area contributed by atoms with Crippen LogP contribution >= 0.6 is 7.82 Å². The molecule has 4 aromatic rings. The lowest BCUT2D eigenvalue weighted by atomic mass is 9.46. The van der Waals surface area contributed by atoms with Crippen molar-refractivity contribution in [1.82, 2.24) is 0 Å². The average Bonchev–Trinajstić information content (AvgIpc) is 4.24. The van der Waals surface area contributed by atoms with E-state index in [-0.39, 0.29) is 54.9 Å². The van der Waals surface area contributed by atoms with Gasteiger partial charge in [-0.25, -0.2) is 14.2 Å². The van der Waals surface area contributed by atoms with Gasteiger partial charge in [-0.1, -0.05) is 130 Å². The Kier molecular flexibility index (Phi) is 9.47. The number of hydrogen-bond donors (Lipinski definition) is 0. The van der Waals surface area contributed by atoms with Crippen LogP contribution in [0, 0.1) is 17.3 Å². The van der Waals surface area contributed by atoms with Crippen LogP contribution in [-0.4, -0.2) is 60.0 Å². The fourth-order valence-corrected chi connectivity index (χ4v) is 12.3. The van der Waals surface area contributed by atoms with E-state index < -0.39 is 54.9 Å². The van der Waals surface area contributed by atoms with E-state index in [9.17, 15) is 14.2 Å². The van der Waals surface area contributed by atoms with Crippen molar-refractivity contribution in [1.29, 1.82) is 0 Å². The number of allylic oxidation sites excluding steroid dienone is 1. The Morgan fingerprint density at radius 2 is 1.37 bits per heavy atom. The molecule has 2 saturated carbocycles. The molecule has 320 valence electrons. The molecule has 3 aliphatic carbocycles. The molecule has 0 radical (unpaired) electrons. The number of cyclic esters (lactones) is 1. The van der Waals surface area contributed by atoms with Crippen LogP contribution in [0.15, 0.2) is 138 Å². The summed E-state index contributed by atoms with van der Waals surface area (Å²) in [6.45, 7) is 5.99. The Bertz CT molecular complexity index is 2480. The molecule has 12 nitrogen and oxygen atoms in total. The molecule has 0 amide bonds. The van der Waals surface area contributed by atoms with Gasteiger partial charge >= 0.3 is 19.8 Å². The second-order valence-corrected chi connectivity index (χ2v) is 19.4. The Morgan fingerprint density at radius 3 is 1.98 bits per heavy atom. The summed E-state index contributed by atoms with van der Waals surface area (Å²) in [4.78, 5) is 27.5. The van der Waals surface area contributed by atoms with Crippen LogP contribution in [0.2, 0.25) is 0 Å². The third kappa shape index (κ3) is 5.95. The predicted octanol–water partition coefficient (Wildman–Crippen LogP) is 8.87. The molecule has 3 saturated heterocycles. The van der Waals surface area contributed by atoms with Crippen LogP contribution in [0.5, 0.6) is 0 Å². The molecule has 0 unspecified atom stereocenters. The number of fused-ring (bicyclic) bond motifs is 4. The monoisotopic (exact) mass is 858 g/mol. The van der Waals surface area contributed by atoms with Gasteiger partial charge in [0.05, 0.1) is 24.9 Å². The molecule has 7 aliphatic rings. The number of carbonyl (C=O) groups is 2. The topological polar surface area (TPSA) is 144 Å². The number of ether oxygens (including phenoxy) is 6. The van der Waals surface area contributed by atoms with Gasteiger partial charge in [-0.05, 0) is 54.4 Å². The lowest BCUT2D eigenvalue weighted by Crippen LogP contribution is -2.69. The van der Waals surface area contributed by atoms with Crippen molar-refractivity contribution in [3.8, 4) is 0 Å². The molecule has 5 fully saturated rings. The van der Waals surface area contributed by atoms with Crippen molar-refractivity contribution >= 4 is 25.5 Å². The Morgan fingerprint density at radius 1 is 0.774 bits per heavy atom. The van der Waals surface area contributed by atoms with Crippen LogP contribution in [0.1, 0.15) is 67.1 Å². The minimum Gasteiger partial charge on any atom is -0.419 e. The zero-order chi connectivity index (χ0) is 42.5. The Labute approximate surface area is 359 Å². The van der Waals surface area contributed by atoms with Gasteiger partial charge < -0.3 is 28.4 Å². The van der Waals surface area contributed by atoms with Crippen molar-refractivity contribution in [3.05, 3.63) is 160 Å². The molecule has 62 heavy (non-hydrogen) atoms. The van der Waals surface area contributed by atoms with E-state index in [0.717, 1.165) is 16.7 Å². The fourth-order valence-electron chi connectivity index (χ4n) is 11.3. The number of hydrogen-bond acceptors (Lipinski definition) is 12. The summed E-state index contributed by atoms with van der Waals surface area (Å²) >= 11 is 0. The van der Waals surface area contributed by atoms with Crippen LogP contribution in [0.3, 0.4) is 0 Å². The number of phosphoric ester groups is 1. The highest BCUT2D eigenvalue weighted by atomic mass is 31.2. The molecule has 4 aromatic carbocycles. The average molecular weight is 859 g/mol. The van der Waals surface area contributed by atoms with E-state index in [1.54, 1.807) is 24.3 Å². The number of phosphoric acid groups is 1. The van der Waals surface area contributed by atoms with Gasteiger partial charge in [0.15, 0.2) is 23.9 Å². The standard InChI is InChI=1S/C49H47O12P/c1-30(2)47-41(60-47)42-49(61-42)46(3)25-24-35-38(40(58-44(35)51)39(33-20-12-6-13-21-33)57-43(50)34-22-14-7-15-23-34)36(46)26-37-48(49,59-37)45(47)53-29-56-62(52,54-27-31-16-8-4-9-17-31)55-28-32-18-10-5-11-19-32/h4-23,30,36-37,41-42,45H,24-29H2,1-3H3/b40-39+/t36-,37-,41-,42-,45+,46-,47-,48+,49+/m0/s1. The van der Waals surface area contributed by atoms with Crippen LogP contribution < -0.4 is 0 Å². The first kappa shape index (κ1) is 40.1. The number of rotatable bonds is 14. The molecule has 0 aromatic heterocycles. The normalized spacial score (nSPS) is 34.1. The van der Waals surface area contributed by atoms with Gasteiger partial charge in [0.25, 0.3) is 0 Å². The number of epoxide rings is 3. The van der Waals surface area contributed by atoms with Crippen molar-refractivity contribution in [2.75, 3.05) is 6.79 Å². The lowest BCUT2D eigenvalue weighted by molar-refractivity contribution is -0.156. The maximum Gasteiger partial charge on any atom is 0.477 e. The van der Waals surface area contributed by atoms with Crippen molar-refractivity contribution < 1.29 is 56.1 Å². The quantitative estimate of drug-likeness (QED) is 0.0393. The second kappa shape index (κ2) is 14.7. The molecule has 9 atom stereocenters. The van der Waals surface area contributed by atoms with E-state index in [1.165, 1.54) is 0 Å². The maximum atomic E-state index is 14.3. The third-order valence-corrected chi connectivity index (χ3v) is 15.7. The van der Waals surface area contributed by atoms with Crippen molar-refractivity contribution in [3.63, 3.8) is 0 Å². The summed E-state index contributed by atoms with van der Waals surface area (Å²) < 4.78 is 72.1. The van der Waals surface area contributed by atoms with Gasteiger partial charge in [-0.3, -0.25) is 13.6 Å². The van der Waals surface area contributed by atoms with Gasteiger partial charge in [0.2, 0.25) is 0 Å². The predicted molar refractivity (Wildman–Crippen MR) is 222 cm³/mol. The van der Waals surface area contributed by atoms with E-state index in [1.807, 2.05) is 97.1 Å². The molecule has 2 spiro atoms. The smallest absolute Gasteiger partial charge is 0.419 e. The molecule has 0 N–H and O–H groups in total. The fraction of sp³-hybridized carbons (Fsp3) is 0.388. The zero-order valence-corrected chi connectivity index (χ0v) is 35.5. The largest absolute Gasteiger partial charge is 0.477 e. The molecule has 11 rings (SSSR count). The van der Waals surface area contributed by atoms with Crippen LogP contribution in [0.4, 0.5) is 0 Å². The van der Waals surface area contributed by atoms with Gasteiger partial charge in [-0.15, -0.1) is 0 Å². The van der Waals surface area contributed by atoms with Gasteiger partial charge in [0, 0.05) is 22.1 Å². The Hall–Kier alpha value is -4.75. The molecular formula is C49H47O12P. The lowest BCUT2D eigenvalue weighted by Gasteiger charge is -2.54. The van der Waals surface area contributed by atoms with E-state index in [0.29, 0.717) is 36.0 Å². The van der Waals surface area contributed by atoms with E-state index in [4.69, 9.17) is 42.0 Å². The van der Waals surface area contributed by atoms with Crippen LogP contribution in [-0.2, 0) is 64.6 Å². The first-order chi connectivity index (χ1) is 30.0. The number of benzene rings is 4. The summed E-state index contributed by atoms with van der Waals surface area (Å²) in [5.41, 5.74) is 0.730. The van der Waals surface area contributed by atoms with E-state index in [2.05, 4.69) is 20.8 Å². The molecular weight excluding hydrogens is 812 g/mol. The summed E-state index contributed by atoms with van der Waals surface area (Å²) in [7, 11) is -4.18. The maximum absolute atomic E-state index is 14.3. The van der Waals surface area contributed by atoms with Gasteiger partial charge in [-0.2, -0.15) is 0 Å². The molecule has 13 heteroatoms. The van der Waals surface area contributed by atoms with E-state index >= 15 is 0 Å². The first-order valence-corrected chi connectivity index (χ1v) is 22.8. The molecule has 4 heterocycles. The highest BCUT2D eigenvalue weighted by molar-refractivity contribution is 7.48. The van der Waals surface area contributed by atoms with Gasteiger partial charge in [0.1, 0.15) is 29.5 Å². The Balaban J connectivity index is 0.914. The van der Waals surface area contributed by atoms with Crippen LogP contribution in [0.25, 0.3) is 5.76 Å². The highest BCUT2D eigenvalue weighted by Crippen LogP contribution is 2.83. The molecule has 4 aliphatic heterocycles. The third-order valence-electron chi connectivity index (χ3n) is 14.4. The summed E-state index contributed by atoms with van der Waals surface area (Å²) in [6, 6.07) is 36.8. The highest BCUT2D eigenvalue weighted by Gasteiger charge is 3.01. The number of esters is 2. The summed E-state index contributed by atoms with van der Waals surface area (Å²) in [6.07, 6.45) is -0.0747. The minimum absolute atomic E-state index is 0.00286. The summed E-state index contributed by atoms with van der Waals surface area (Å²) in [5, 5.41) is 0. The van der Waals surface area contributed by atoms with Crippen molar-refractivity contribution in [2.45, 2.75) is 94.5 Å². The SMILES string of the molecule is CC(C)[C@]12O[C@H]1[C@@H]1O[C@]13[C@]1(O[C@H]1C[C@H]1C4=C(CC[C@@]13C)C(=O)O/C4=C(/OC(=O)c1ccccc1)c1ccccc1)[C@@H]2OCOP(=O)(OCc1ccccc1)OCc1ccccc1. The zero-order valence-electron chi connectivity index (χ0n) is 34.6. The second-order valence-electron chi connectivity index (χ2n) is 17.7. The molecule has 0 bridgehead atoms. The number of carbonyl (C=O) groups excluding carboxylic acids is 2. The summed E-state index contributed by atoms with van der Waals surface area (Å²) in [5.74, 6) is -0.849. The van der Waals surface area contributed by atoms with Crippen molar-refractivity contribution in [2.24, 2.45) is 17.3 Å².